The van der Waals surface area contributed by atoms with Crippen LogP contribution >= 0.6 is 0 Å². The van der Waals surface area contributed by atoms with Gasteiger partial charge in [0, 0.05) is 24.9 Å². The van der Waals surface area contributed by atoms with Crippen LogP contribution in [-0.4, -0.2) is 35.5 Å². The van der Waals surface area contributed by atoms with Crippen molar-refractivity contribution in [2.24, 2.45) is 0 Å². The third kappa shape index (κ3) is 5.35. The van der Waals surface area contributed by atoms with Crippen LogP contribution in [0.2, 0.25) is 0 Å². The van der Waals surface area contributed by atoms with Gasteiger partial charge in [0.25, 0.3) is 5.56 Å². The topological polar surface area (TPSA) is 124 Å². The summed E-state index contributed by atoms with van der Waals surface area (Å²) < 4.78 is 15.1. The zero-order chi connectivity index (χ0) is 29.1. The maximum absolute atomic E-state index is 14.4. The van der Waals surface area contributed by atoms with Gasteiger partial charge in [-0.3, -0.25) is 9.36 Å². The third-order valence-electron chi connectivity index (χ3n) is 8.05. The molecule has 3 heterocycles. The molecule has 6 rings (SSSR count). The molecule has 10 nitrogen and oxygen atoms in total. The fourth-order valence-electron chi connectivity index (χ4n) is 6.06. The van der Waals surface area contributed by atoms with Crippen molar-refractivity contribution in [2.75, 3.05) is 0 Å². The van der Waals surface area contributed by atoms with Crippen LogP contribution in [0.1, 0.15) is 79.2 Å². The maximum Gasteiger partial charge on any atom is 0.259 e. The molecule has 1 saturated carbocycles. The Kier molecular flexibility index (Phi) is 7.93. The number of aryl methyl sites for hydroxylation is 2. The SMILES string of the molecule is CCCc1c(Cc2cccc(-c3ccccc3)c2C#N)c(=O)n(C2CCC(OCc3nnc(C)o3)CC2)c2ncnn12. The first kappa shape index (κ1) is 27.5. The standard InChI is InChI=1S/C32H33N7O3/c1-3-8-29-27(17-23-11-7-12-26(28(23)18-33)22-9-5-4-6-10-22)31(40)38(32-34-20-35-39(29)32)24-13-15-25(16-14-24)41-19-30-37-36-21(2)42-30/h4-7,9-12,20,24-25H,3,8,13-17,19H2,1-2H3. The molecule has 0 amide bonds. The molecule has 42 heavy (non-hydrogen) atoms. The van der Waals surface area contributed by atoms with Crippen molar-refractivity contribution in [3.05, 3.63) is 99.4 Å². The van der Waals surface area contributed by atoms with Gasteiger partial charge in [-0.1, -0.05) is 61.9 Å². The summed E-state index contributed by atoms with van der Waals surface area (Å²) >= 11 is 0. The summed E-state index contributed by atoms with van der Waals surface area (Å²) in [5.74, 6) is 1.56. The normalized spacial score (nSPS) is 17.0. The molecule has 5 aromatic rings. The lowest BCUT2D eigenvalue weighted by Gasteiger charge is -2.30. The minimum Gasteiger partial charge on any atom is -0.423 e. The van der Waals surface area contributed by atoms with E-state index in [9.17, 15) is 10.1 Å². The van der Waals surface area contributed by atoms with Gasteiger partial charge in [0.05, 0.1) is 17.4 Å². The van der Waals surface area contributed by atoms with E-state index in [0.29, 0.717) is 41.5 Å². The van der Waals surface area contributed by atoms with Crippen LogP contribution in [0.4, 0.5) is 0 Å². The van der Waals surface area contributed by atoms with Crippen LogP contribution in [0.3, 0.4) is 0 Å². The third-order valence-corrected chi connectivity index (χ3v) is 8.05. The van der Waals surface area contributed by atoms with E-state index in [1.54, 1.807) is 6.92 Å². The Morgan fingerprint density at radius 3 is 2.60 bits per heavy atom. The van der Waals surface area contributed by atoms with Crippen molar-refractivity contribution < 1.29 is 9.15 Å². The van der Waals surface area contributed by atoms with E-state index in [1.807, 2.05) is 57.6 Å². The second kappa shape index (κ2) is 12.1. The Balaban J connectivity index is 1.33. The summed E-state index contributed by atoms with van der Waals surface area (Å²) in [6.45, 7) is 4.13. The van der Waals surface area contributed by atoms with Crippen molar-refractivity contribution in [3.8, 4) is 17.2 Å². The fourth-order valence-corrected chi connectivity index (χ4v) is 6.06. The summed E-state index contributed by atoms with van der Waals surface area (Å²) in [4.78, 5) is 18.9. The van der Waals surface area contributed by atoms with Crippen molar-refractivity contribution in [1.82, 2.24) is 29.4 Å². The molecular weight excluding hydrogens is 530 g/mol. The van der Waals surface area contributed by atoms with Gasteiger partial charge in [0.1, 0.15) is 19.0 Å². The molecule has 1 fully saturated rings. The van der Waals surface area contributed by atoms with E-state index >= 15 is 0 Å². The Hall–Kier alpha value is -4.62. The van der Waals surface area contributed by atoms with Gasteiger partial charge in [-0.2, -0.15) is 15.3 Å². The lowest BCUT2D eigenvalue weighted by atomic mass is 9.91. The van der Waals surface area contributed by atoms with Crippen LogP contribution in [0.25, 0.3) is 16.9 Å². The second-order valence-electron chi connectivity index (χ2n) is 10.8. The smallest absolute Gasteiger partial charge is 0.259 e. The molecular formula is C32H33N7O3. The lowest BCUT2D eigenvalue weighted by molar-refractivity contribution is -0.00132. The number of fused-ring (bicyclic) bond motifs is 1. The Morgan fingerprint density at radius 2 is 1.88 bits per heavy atom. The van der Waals surface area contributed by atoms with Gasteiger partial charge < -0.3 is 9.15 Å². The molecule has 214 valence electrons. The molecule has 0 atom stereocenters. The summed E-state index contributed by atoms with van der Waals surface area (Å²) in [6, 6.07) is 18.1. The van der Waals surface area contributed by atoms with E-state index in [2.05, 4.69) is 33.3 Å². The molecule has 1 aliphatic carbocycles. The summed E-state index contributed by atoms with van der Waals surface area (Å²) in [7, 11) is 0. The predicted molar refractivity (Wildman–Crippen MR) is 156 cm³/mol. The van der Waals surface area contributed by atoms with E-state index in [0.717, 1.165) is 54.5 Å². The number of nitriles is 1. The van der Waals surface area contributed by atoms with Crippen LogP contribution < -0.4 is 5.56 Å². The molecule has 10 heteroatoms. The zero-order valence-corrected chi connectivity index (χ0v) is 23.9. The molecule has 2 aromatic carbocycles. The highest BCUT2D eigenvalue weighted by molar-refractivity contribution is 5.72. The van der Waals surface area contributed by atoms with Crippen molar-refractivity contribution in [2.45, 2.75) is 77.5 Å². The molecule has 0 unspecified atom stereocenters. The highest BCUT2D eigenvalue weighted by atomic mass is 16.5. The minimum atomic E-state index is -0.0568. The van der Waals surface area contributed by atoms with Gasteiger partial charge in [-0.15, -0.1) is 10.2 Å². The second-order valence-corrected chi connectivity index (χ2v) is 10.8. The van der Waals surface area contributed by atoms with Crippen LogP contribution in [0.15, 0.2) is 64.1 Å². The number of aromatic nitrogens is 6. The Labute approximate surface area is 243 Å². The molecule has 0 aliphatic heterocycles. The number of ether oxygens (including phenoxy) is 1. The summed E-state index contributed by atoms with van der Waals surface area (Å²) in [5.41, 5.74) is 4.72. The summed E-state index contributed by atoms with van der Waals surface area (Å²) in [6.07, 6.45) is 6.59. The van der Waals surface area contributed by atoms with Crippen molar-refractivity contribution >= 4 is 5.78 Å². The largest absolute Gasteiger partial charge is 0.423 e. The van der Waals surface area contributed by atoms with Crippen molar-refractivity contribution in [3.63, 3.8) is 0 Å². The number of nitrogens with zero attached hydrogens (tertiary/aromatic N) is 7. The minimum absolute atomic E-state index is 0.0322. The van der Waals surface area contributed by atoms with E-state index in [1.165, 1.54) is 6.33 Å². The van der Waals surface area contributed by atoms with Gasteiger partial charge in [-0.05, 0) is 48.8 Å². The van der Waals surface area contributed by atoms with Gasteiger partial charge in [0.15, 0.2) is 0 Å². The molecule has 0 radical (unpaired) electrons. The van der Waals surface area contributed by atoms with Crippen LogP contribution in [0, 0.1) is 18.3 Å². The monoisotopic (exact) mass is 563 g/mol. The van der Waals surface area contributed by atoms with Crippen LogP contribution in [0.5, 0.6) is 0 Å². The number of benzene rings is 2. The average molecular weight is 564 g/mol. The highest BCUT2D eigenvalue weighted by Crippen LogP contribution is 2.32. The fraction of sp³-hybridized carbons (Fsp3) is 0.375. The van der Waals surface area contributed by atoms with Crippen molar-refractivity contribution in [1.29, 1.82) is 5.26 Å². The molecule has 0 bridgehead atoms. The number of hydrogen-bond donors (Lipinski definition) is 0. The predicted octanol–water partition coefficient (Wildman–Crippen LogP) is 5.36. The number of rotatable bonds is 9. The van der Waals surface area contributed by atoms with E-state index in [4.69, 9.17) is 9.15 Å². The van der Waals surface area contributed by atoms with Gasteiger partial charge >= 0.3 is 0 Å². The molecule has 0 N–H and O–H groups in total. The maximum atomic E-state index is 14.4. The van der Waals surface area contributed by atoms with Gasteiger partial charge in [-0.25, -0.2) is 4.52 Å². The molecule has 0 saturated heterocycles. The average Bonchev–Trinajstić information content (AvgIpc) is 3.67. The zero-order valence-electron chi connectivity index (χ0n) is 23.9. The molecule has 3 aromatic heterocycles. The molecule has 1 aliphatic rings. The van der Waals surface area contributed by atoms with E-state index < -0.39 is 0 Å². The Morgan fingerprint density at radius 1 is 1.07 bits per heavy atom. The lowest BCUT2D eigenvalue weighted by Crippen LogP contribution is -2.35. The van der Waals surface area contributed by atoms with Crippen LogP contribution in [-0.2, 0) is 24.2 Å². The highest BCUT2D eigenvalue weighted by Gasteiger charge is 2.29. The molecule has 0 spiro atoms. The quantitative estimate of drug-likeness (QED) is 0.235. The first-order valence-corrected chi connectivity index (χ1v) is 14.5. The first-order valence-electron chi connectivity index (χ1n) is 14.5. The van der Waals surface area contributed by atoms with E-state index in [-0.39, 0.29) is 24.3 Å². The first-order chi connectivity index (χ1) is 20.6. The summed E-state index contributed by atoms with van der Waals surface area (Å²) in [5, 5.41) is 22.7. The van der Waals surface area contributed by atoms with Gasteiger partial charge in [0.2, 0.25) is 17.6 Å². The Bertz CT molecular complexity index is 1790. The number of hydrogen-bond acceptors (Lipinski definition) is 8.